The molecule has 0 N–H and O–H groups in total. The lowest BCUT2D eigenvalue weighted by Crippen LogP contribution is -2.38. The maximum absolute atomic E-state index is 13.1. The van der Waals surface area contributed by atoms with Crippen LogP contribution in [0.2, 0.25) is 0 Å². The number of amides is 4. The van der Waals surface area contributed by atoms with Crippen LogP contribution in [0.25, 0.3) is 0 Å². The van der Waals surface area contributed by atoms with Gasteiger partial charge in [0.25, 0.3) is 0 Å². The summed E-state index contributed by atoms with van der Waals surface area (Å²) in [6.45, 7) is 2.78. The Morgan fingerprint density at radius 2 is 0.562 bits per heavy atom. The van der Waals surface area contributed by atoms with E-state index >= 15 is 0 Å². The average molecular weight is 637 g/mol. The molecule has 0 spiro atoms. The summed E-state index contributed by atoms with van der Waals surface area (Å²) in [7, 11) is 0. The number of hydrogen-bond donors (Lipinski definition) is 0. The zero-order valence-corrected chi connectivity index (χ0v) is 27.4. The van der Waals surface area contributed by atoms with Gasteiger partial charge in [0, 0.05) is 26.2 Å². The van der Waals surface area contributed by atoms with Gasteiger partial charge in [0.15, 0.2) is 0 Å². The summed E-state index contributed by atoms with van der Waals surface area (Å²) in [6.07, 6.45) is 12.7. The summed E-state index contributed by atoms with van der Waals surface area (Å²) in [4.78, 5) is 34.5. The van der Waals surface area contributed by atoms with Crippen LogP contribution in [0, 0.1) is 0 Å². The second-order valence-electron chi connectivity index (χ2n) is 13.2. The van der Waals surface area contributed by atoms with Crippen LogP contribution in [0.5, 0.6) is 0 Å². The van der Waals surface area contributed by atoms with Gasteiger partial charge >= 0.3 is 12.1 Å². The molecule has 4 amide bonds. The molecule has 8 rings (SSSR count). The van der Waals surface area contributed by atoms with Crippen LogP contribution >= 0.6 is 0 Å². The quantitative estimate of drug-likeness (QED) is 0.182. The summed E-state index contributed by atoms with van der Waals surface area (Å²) in [6, 6.07) is 42.6. The lowest BCUT2D eigenvalue weighted by Gasteiger charge is -2.29. The van der Waals surface area contributed by atoms with E-state index in [0.29, 0.717) is 26.2 Å². The molecule has 0 saturated carbocycles. The minimum atomic E-state index is 0.168. The lowest BCUT2D eigenvalue weighted by molar-refractivity contribution is 0.180. The topological polar surface area (TPSA) is 47.1 Å². The Hall–Kier alpha value is -5.10. The Balaban J connectivity index is 0.000000152. The van der Waals surface area contributed by atoms with Crippen molar-refractivity contribution in [2.45, 2.75) is 76.0 Å². The van der Waals surface area contributed by atoms with E-state index in [4.69, 9.17) is 0 Å². The molecule has 6 heteroatoms. The van der Waals surface area contributed by atoms with Gasteiger partial charge in [0.1, 0.15) is 0 Å². The summed E-state index contributed by atoms with van der Waals surface area (Å²) < 4.78 is 0. The van der Waals surface area contributed by atoms with Gasteiger partial charge < -0.3 is 19.6 Å². The van der Waals surface area contributed by atoms with Crippen molar-refractivity contribution in [3.63, 3.8) is 0 Å². The number of fused-ring (bicyclic) bond motifs is 2. The van der Waals surface area contributed by atoms with E-state index in [1.165, 1.54) is 22.3 Å². The molecule has 0 unspecified atom stereocenters. The average Bonchev–Trinajstić information content (AvgIpc) is 3.55. The minimum Gasteiger partial charge on any atom is -0.315 e. The van der Waals surface area contributed by atoms with Crippen LogP contribution in [0.1, 0.15) is 47.9 Å². The summed E-state index contributed by atoms with van der Waals surface area (Å²) in [5.41, 5.74) is 4.78. The summed E-state index contributed by atoms with van der Waals surface area (Å²) in [5.74, 6) is 0. The van der Waals surface area contributed by atoms with Crippen molar-refractivity contribution >= 4 is 12.1 Å². The van der Waals surface area contributed by atoms with Crippen molar-refractivity contribution in [2.24, 2.45) is 0 Å². The molecule has 48 heavy (non-hydrogen) atoms. The highest BCUT2D eigenvalue weighted by Crippen LogP contribution is 2.35. The highest BCUT2D eigenvalue weighted by molar-refractivity contribution is 5.79. The van der Waals surface area contributed by atoms with Crippen LogP contribution in [0.3, 0.4) is 0 Å². The first-order valence-corrected chi connectivity index (χ1v) is 17.3. The highest BCUT2D eigenvalue weighted by atomic mass is 16.2. The smallest absolute Gasteiger partial charge is 0.315 e. The van der Waals surface area contributed by atoms with E-state index in [-0.39, 0.29) is 36.2 Å². The van der Waals surface area contributed by atoms with Gasteiger partial charge in [-0.15, -0.1) is 0 Å². The van der Waals surface area contributed by atoms with Crippen LogP contribution in [0.4, 0.5) is 9.59 Å². The molecular formula is C42H44N4O2. The predicted molar refractivity (Wildman–Crippen MR) is 191 cm³/mol. The molecule has 0 bridgehead atoms. The van der Waals surface area contributed by atoms with Gasteiger partial charge in [-0.1, -0.05) is 146 Å². The summed E-state index contributed by atoms with van der Waals surface area (Å²) >= 11 is 0. The Kier molecular flexibility index (Phi) is 9.69. The fourth-order valence-corrected chi connectivity index (χ4v) is 7.67. The van der Waals surface area contributed by atoms with Crippen LogP contribution < -0.4 is 0 Å². The molecule has 4 aromatic carbocycles. The van der Waals surface area contributed by atoms with E-state index in [9.17, 15) is 9.59 Å². The molecule has 244 valence electrons. The Morgan fingerprint density at radius 3 is 0.771 bits per heavy atom. The Morgan fingerprint density at radius 1 is 0.354 bits per heavy atom. The van der Waals surface area contributed by atoms with Gasteiger partial charge in [-0.2, -0.15) is 0 Å². The standard InChI is InChI=1S/2C21H22N2O/c2*24-21-22(15-17-9-3-1-4-10-17)19-13-7-8-14-20(19)23(21)16-18-11-5-2-6-12-18/h2*1-12,19-20H,13-16H2/t2*19-,20-/m10/s1. The second-order valence-corrected chi connectivity index (χ2v) is 13.2. The third-order valence-electron chi connectivity index (χ3n) is 10.1. The van der Waals surface area contributed by atoms with Crippen LogP contribution in [0.15, 0.2) is 146 Å². The van der Waals surface area contributed by atoms with Gasteiger partial charge in [-0.05, 0) is 47.9 Å². The molecule has 2 saturated heterocycles. The van der Waals surface area contributed by atoms with Gasteiger partial charge in [-0.3, -0.25) is 0 Å². The third-order valence-corrected chi connectivity index (χ3v) is 10.1. The largest absolute Gasteiger partial charge is 0.321 e. The molecule has 4 aliphatic rings. The first kappa shape index (κ1) is 31.5. The van der Waals surface area contributed by atoms with Crippen molar-refractivity contribution in [2.75, 3.05) is 0 Å². The SMILES string of the molecule is O=C1N(Cc2ccccc2)[C@@H]2CC=CC[C@H]2N1Cc1ccccc1.O=C1N(Cc2ccccc2)[C@H]2CC=CC[C@@H]2N1Cc1ccccc1. The molecule has 0 aromatic heterocycles. The van der Waals surface area contributed by atoms with E-state index in [2.05, 4.69) is 92.4 Å². The maximum Gasteiger partial charge on any atom is 0.321 e. The first-order chi connectivity index (χ1) is 23.7. The fourth-order valence-electron chi connectivity index (χ4n) is 7.67. The summed E-state index contributed by atoms with van der Waals surface area (Å²) in [5, 5.41) is 0. The minimum absolute atomic E-state index is 0.168. The molecule has 2 heterocycles. The molecule has 6 nitrogen and oxygen atoms in total. The van der Waals surface area contributed by atoms with Crippen molar-refractivity contribution < 1.29 is 9.59 Å². The first-order valence-electron chi connectivity index (χ1n) is 17.3. The highest BCUT2D eigenvalue weighted by Gasteiger charge is 2.46. The van der Waals surface area contributed by atoms with Crippen LogP contribution in [-0.4, -0.2) is 55.8 Å². The number of carbonyl (C=O) groups excluding carboxylic acids is 2. The molecule has 4 aromatic rings. The van der Waals surface area contributed by atoms with Crippen molar-refractivity contribution in [1.82, 2.24) is 19.6 Å². The molecule has 2 fully saturated rings. The van der Waals surface area contributed by atoms with Crippen molar-refractivity contribution in [3.05, 3.63) is 168 Å². The van der Waals surface area contributed by atoms with Crippen molar-refractivity contribution in [1.29, 1.82) is 0 Å². The van der Waals surface area contributed by atoms with E-state index in [1.807, 2.05) is 72.8 Å². The van der Waals surface area contributed by atoms with Crippen LogP contribution in [-0.2, 0) is 26.2 Å². The number of hydrogen-bond acceptors (Lipinski definition) is 2. The maximum atomic E-state index is 13.1. The predicted octanol–water partition coefficient (Wildman–Crippen LogP) is 8.42. The molecular weight excluding hydrogens is 592 g/mol. The number of benzene rings is 4. The van der Waals surface area contributed by atoms with Gasteiger partial charge in [-0.25, -0.2) is 9.59 Å². The number of urea groups is 2. The number of rotatable bonds is 8. The van der Waals surface area contributed by atoms with E-state index in [0.717, 1.165) is 25.7 Å². The molecule has 2 aliphatic heterocycles. The van der Waals surface area contributed by atoms with E-state index in [1.54, 1.807) is 0 Å². The van der Waals surface area contributed by atoms with Gasteiger partial charge in [0.2, 0.25) is 0 Å². The van der Waals surface area contributed by atoms with E-state index < -0.39 is 0 Å². The normalized spacial score (nSPS) is 22.8. The lowest BCUT2D eigenvalue weighted by atomic mass is 9.95. The third kappa shape index (κ3) is 6.93. The fraction of sp³-hybridized carbons (Fsp3) is 0.286. The zero-order chi connectivity index (χ0) is 32.7. The number of carbonyl (C=O) groups is 2. The zero-order valence-electron chi connectivity index (χ0n) is 27.4. The number of nitrogens with zero attached hydrogens (tertiary/aromatic N) is 4. The molecule has 0 radical (unpaired) electrons. The second kappa shape index (κ2) is 14.8. The Bertz CT molecular complexity index is 1460. The van der Waals surface area contributed by atoms with Gasteiger partial charge in [0.05, 0.1) is 24.2 Å². The monoisotopic (exact) mass is 636 g/mol. The molecule has 2 aliphatic carbocycles. The van der Waals surface area contributed by atoms with Crippen molar-refractivity contribution in [3.8, 4) is 0 Å². The molecule has 4 atom stereocenters. The Labute approximate surface area is 284 Å².